The number of amides is 1. The number of hydrogen-bond donors (Lipinski definition) is 2. The van der Waals surface area contributed by atoms with Gasteiger partial charge in [-0.1, -0.05) is 0 Å². The summed E-state index contributed by atoms with van der Waals surface area (Å²) in [6, 6.07) is 4.55. The summed E-state index contributed by atoms with van der Waals surface area (Å²) in [6.45, 7) is 1.35. The Labute approximate surface area is 113 Å². The van der Waals surface area contributed by atoms with E-state index in [9.17, 15) is 9.90 Å². The summed E-state index contributed by atoms with van der Waals surface area (Å²) in [5.74, 6) is -0.197. The monoisotopic (exact) mass is 264 g/mol. The van der Waals surface area contributed by atoms with E-state index in [4.69, 9.17) is 10.5 Å². The molecule has 1 aromatic rings. The first-order valence-electron chi connectivity index (χ1n) is 6.53. The molecule has 19 heavy (non-hydrogen) atoms. The van der Waals surface area contributed by atoms with E-state index in [1.165, 1.54) is 12.1 Å². The van der Waals surface area contributed by atoms with Crippen LogP contribution in [0.5, 0.6) is 5.75 Å². The summed E-state index contributed by atoms with van der Waals surface area (Å²) < 4.78 is 5.61. The van der Waals surface area contributed by atoms with Crippen LogP contribution in [0.15, 0.2) is 18.2 Å². The van der Waals surface area contributed by atoms with Crippen LogP contribution in [0.1, 0.15) is 29.6 Å². The highest BCUT2D eigenvalue weighted by Crippen LogP contribution is 2.22. The number of aromatic hydroxyl groups is 1. The molecule has 3 N–H and O–H groups in total. The Morgan fingerprint density at radius 2 is 2.32 bits per heavy atom. The second-order valence-electron chi connectivity index (χ2n) is 4.95. The molecule has 0 radical (unpaired) electrons. The normalized spacial score (nSPS) is 19.1. The number of benzene rings is 1. The van der Waals surface area contributed by atoms with Gasteiger partial charge >= 0.3 is 0 Å². The third-order valence-electron chi connectivity index (χ3n) is 3.38. The number of nitrogen functional groups attached to an aromatic ring is 1. The first-order valence-corrected chi connectivity index (χ1v) is 6.53. The van der Waals surface area contributed by atoms with Gasteiger partial charge in [-0.2, -0.15) is 0 Å². The highest BCUT2D eigenvalue weighted by molar-refractivity contribution is 5.95. The maximum absolute atomic E-state index is 12.2. The number of rotatable bonds is 3. The summed E-state index contributed by atoms with van der Waals surface area (Å²) >= 11 is 0. The van der Waals surface area contributed by atoms with Gasteiger partial charge < -0.3 is 20.5 Å². The average Bonchev–Trinajstić information content (AvgIpc) is 2.42. The fraction of sp³-hybridized carbons (Fsp3) is 0.500. The molecule has 0 bridgehead atoms. The Balaban J connectivity index is 1.99. The second kappa shape index (κ2) is 5.93. The summed E-state index contributed by atoms with van der Waals surface area (Å²) in [5.41, 5.74) is 6.23. The molecule has 1 aromatic carbocycles. The number of likely N-dealkylation sites (N-methyl/N-ethyl adjacent to an activating group) is 1. The Morgan fingerprint density at radius 3 is 2.95 bits per heavy atom. The van der Waals surface area contributed by atoms with Crippen LogP contribution in [-0.2, 0) is 4.74 Å². The van der Waals surface area contributed by atoms with Crippen LogP contribution in [0.25, 0.3) is 0 Å². The molecule has 1 aliphatic rings. The minimum Gasteiger partial charge on any atom is -0.506 e. The van der Waals surface area contributed by atoms with Gasteiger partial charge in [0, 0.05) is 25.8 Å². The number of ether oxygens (including phenoxy) is 1. The zero-order chi connectivity index (χ0) is 13.8. The number of phenols is 1. The van der Waals surface area contributed by atoms with Gasteiger partial charge in [0.15, 0.2) is 0 Å². The van der Waals surface area contributed by atoms with Crippen molar-refractivity contribution in [1.29, 1.82) is 0 Å². The lowest BCUT2D eigenvalue weighted by Crippen LogP contribution is -2.37. The third kappa shape index (κ3) is 3.38. The van der Waals surface area contributed by atoms with Crippen LogP contribution in [-0.4, -0.2) is 42.2 Å². The largest absolute Gasteiger partial charge is 0.506 e. The van der Waals surface area contributed by atoms with E-state index in [0.717, 1.165) is 25.9 Å². The molecule has 104 valence electrons. The van der Waals surface area contributed by atoms with Crippen LogP contribution >= 0.6 is 0 Å². The quantitative estimate of drug-likeness (QED) is 0.642. The molecule has 1 heterocycles. The fourth-order valence-electron chi connectivity index (χ4n) is 2.24. The van der Waals surface area contributed by atoms with Crippen LogP contribution in [0.4, 0.5) is 5.69 Å². The van der Waals surface area contributed by atoms with Crippen LogP contribution in [0, 0.1) is 0 Å². The number of carbonyl (C=O) groups is 1. The number of anilines is 1. The number of nitrogens with two attached hydrogens (primary N) is 1. The lowest BCUT2D eigenvalue weighted by atomic mass is 10.1. The Bertz CT molecular complexity index is 456. The molecule has 0 saturated carbocycles. The molecule has 5 heteroatoms. The van der Waals surface area contributed by atoms with Gasteiger partial charge in [-0.15, -0.1) is 0 Å². The van der Waals surface area contributed by atoms with Gasteiger partial charge in [-0.25, -0.2) is 0 Å². The van der Waals surface area contributed by atoms with E-state index in [-0.39, 0.29) is 23.4 Å². The molecule has 1 amide bonds. The van der Waals surface area contributed by atoms with Gasteiger partial charge in [0.2, 0.25) is 0 Å². The van der Waals surface area contributed by atoms with E-state index < -0.39 is 0 Å². The smallest absolute Gasteiger partial charge is 0.253 e. The molecular weight excluding hydrogens is 244 g/mol. The van der Waals surface area contributed by atoms with E-state index in [2.05, 4.69) is 0 Å². The molecule has 0 aliphatic carbocycles. The van der Waals surface area contributed by atoms with Crippen molar-refractivity contribution in [2.75, 3.05) is 25.9 Å². The van der Waals surface area contributed by atoms with Crippen molar-refractivity contribution in [2.45, 2.75) is 25.4 Å². The molecule has 1 atom stereocenters. The van der Waals surface area contributed by atoms with Crippen molar-refractivity contribution in [3.8, 4) is 5.75 Å². The van der Waals surface area contributed by atoms with Gasteiger partial charge in [0.25, 0.3) is 5.91 Å². The highest BCUT2D eigenvalue weighted by Gasteiger charge is 2.20. The van der Waals surface area contributed by atoms with Crippen LogP contribution in [0.3, 0.4) is 0 Å². The van der Waals surface area contributed by atoms with Gasteiger partial charge in [0.05, 0.1) is 11.8 Å². The van der Waals surface area contributed by atoms with Gasteiger partial charge in [-0.3, -0.25) is 4.79 Å². The number of carbonyl (C=O) groups excluding carboxylic acids is 1. The molecule has 1 saturated heterocycles. The van der Waals surface area contributed by atoms with E-state index in [1.54, 1.807) is 18.0 Å². The average molecular weight is 264 g/mol. The predicted octanol–water partition coefficient (Wildman–Crippen LogP) is 1.62. The lowest BCUT2D eigenvalue weighted by molar-refractivity contribution is -0.000190. The molecule has 1 unspecified atom stereocenters. The van der Waals surface area contributed by atoms with Crippen molar-refractivity contribution in [2.24, 2.45) is 0 Å². The summed E-state index contributed by atoms with van der Waals surface area (Å²) in [6.07, 6.45) is 3.35. The Morgan fingerprint density at radius 1 is 1.53 bits per heavy atom. The second-order valence-corrected chi connectivity index (χ2v) is 4.95. The standard InChI is InChI=1S/C14H20N2O3/c1-16(9-11-4-2-3-7-19-11)14(18)10-5-6-12(15)13(17)8-10/h5-6,8,11,17H,2-4,7,9,15H2,1H3. The van der Waals surface area contributed by atoms with Gasteiger partial charge in [0.1, 0.15) is 5.75 Å². The Kier molecular flexibility index (Phi) is 4.27. The minimum atomic E-state index is -0.135. The fourth-order valence-corrected chi connectivity index (χ4v) is 2.24. The molecule has 1 fully saturated rings. The van der Waals surface area contributed by atoms with Crippen molar-refractivity contribution < 1.29 is 14.6 Å². The first-order chi connectivity index (χ1) is 9.08. The van der Waals surface area contributed by atoms with Crippen LogP contribution in [0.2, 0.25) is 0 Å². The summed E-state index contributed by atoms with van der Waals surface area (Å²) in [5, 5.41) is 9.53. The van der Waals surface area contributed by atoms with E-state index in [1.807, 2.05) is 0 Å². The maximum Gasteiger partial charge on any atom is 0.253 e. The molecule has 5 nitrogen and oxygen atoms in total. The van der Waals surface area contributed by atoms with E-state index in [0.29, 0.717) is 12.1 Å². The van der Waals surface area contributed by atoms with Crippen molar-refractivity contribution >= 4 is 11.6 Å². The van der Waals surface area contributed by atoms with Crippen molar-refractivity contribution in [3.63, 3.8) is 0 Å². The number of hydrogen-bond acceptors (Lipinski definition) is 4. The third-order valence-corrected chi connectivity index (χ3v) is 3.38. The zero-order valence-corrected chi connectivity index (χ0v) is 11.1. The molecule has 0 aromatic heterocycles. The van der Waals surface area contributed by atoms with E-state index >= 15 is 0 Å². The Hall–Kier alpha value is -1.75. The van der Waals surface area contributed by atoms with Crippen molar-refractivity contribution in [1.82, 2.24) is 4.90 Å². The van der Waals surface area contributed by atoms with Gasteiger partial charge in [-0.05, 0) is 37.5 Å². The highest BCUT2D eigenvalue weighted by atomic mass is 16.5. The molecular formula is C14H20N2O3. The molecule has 2 rings (SSSR count). The SMILES string of the molecule is CN(CC1CCCCO1)C(=O)c1ccc(N)c(O)c1. The first kappa shape index (κ1) is 13.7. The molecule has 1 aliphatic heterocycles. The lowest BCUT2D eigenvalue weighted by Gasteiger charge is -2.27. The number of phenolic OH excluding ortho intramolecular Hbond substituents is 1. The summed E-state index contributed by atoms with van der Waals surface area (Å²) in [7, 11) is 1.74. The maximum atomic E-state index is 12.2. The van der Waals surface area contributed by atoms with Crippen LogP contribution < -0.4 is 5.73 Å². The summed E-state index contributed by atoms with van der Waals surface area (Å²) in [4.78, 5) is 13.8. The topological polar surface area (TPSA) is 75.8 Å². The number of nitrogens with zero attached hydrogens (tertiary/aromatic N) is 1. The van der Waals surface area contributed by atoms with Crippen molar-refractivity contribution in [3.05, 3.63) is 23.8 Å². The minimum absolute atomic E-state index is 0.0619. The zero-order valence-electron chi connectivity index (χ0n) is 11.1. The molecule has 0 spiro atoms. The predicted molar refractivity (Wildman–Crippen MR) is 73.1 cm³/mol.